The maximum absolute atomic E-state index is 14.0. The van der Waals surface area contributed by atoms with Crippen LogP contribution in [0.4, 0.5) is 78.8 Å². The van der Waals surface area contributed by atoms with Crippen LogP contribution in [0.3, 0.4) is 0 Å². The first kappa shape index (κ1) is 46.8. The molecule has 352 valence electrons. The monoisotopic (exact) mass is 936 g/mol. The molecule has 4 fully saturated rings. The van der Waals surface area contributed by atoms with Crippen molar-refractivity contribution >= 4 is 58.1 Å². The van der Waals surface area contributed by atoms with Gasteiger partial charge in [0.05, 0.1) is 35.8 Å². The molecule has 2 aliphatic carbocycles. The van der Waals surface area contributed by atoms with E-state index in [9.17, 15) is 54.3 Å². The van der Waals surface area contributed by atoms with E-state index in [1.807, 2.05) is 0 Å². The van der Waals surface area contributed by atoms with Gasteiger partial charge >= 0.3 is 24.9 Å². The van der Waals surface area contributed by atoms with Crippen LogP contribution in [0.2, 0.25) is 0 Å². The van der Waals surface area contributed by atoms with Crippen LogP contribution in [-0.2, 0) is 19.1 Å². The third-order valence-electron chi connectivity index (χ3n) is 11.6. The number of hydrogen-bond acceptors (Lipinski definition) is 12. The molecule has 2 saturated carbocycles. The Hall–Kier alpha value is -7.14. The number of nitrogens with zero attached hydrogens (tertiary/aromatic N) is 4. The van der Waals surface area contributed by atoms with E-state index in [1.165, 1.54) is 58.6 Å². The van der Waals surface area contributed by atoms with Gasteiger partial charge in [-0.05, 0) is 99.9 Å². The number of ether oxygens (including phenoxy) is 4. The Morgan fingerprint density at radius 3 is 1.48 bits per heavy atom. The number of carbonyl (C=O) groups excluding carboxylic acids is 4. The number of nitrogens with one attached hydrogen (secondary N) is 2. The molecular formula is C42H40F8N8O8. The first-order chi connectivity index (χ1) is 31.1. The van der Waals surface area contributed by atoms with Gasteiger partial charge in [-0.3, -0.25) is 19.4 Å². The molecule has 0 unspecified atom stereocenters. The van der Waals surface area contributed by atoms with Gasteiger partial charge in [0.1, 0.15) is 34.1 Å². The van der Waals surface area contributed by atoms with E-state index < -0.39 is 77.3 Å². The van der Waals surface area contributed by atoms with Crippen molar-refractivity contribution in [3.63, 3.8) is 0 Å². The summed E-state index contributed by atoms with van der Waals surface area (Å²) in [6.07, 6.45) is -5.48. The van der Waals surface area contributed by atoms with Crippen LogP contribution in [0.25, 0.3) is 0 Å². The smallest absolute Gasteiger partial charge is 0.441 e. The molecule has 66 heavy (non-hydrogen) atoms. The highest BCUT2D eigenvalue weighted by Crippen LogP contribution is 2.43. The van der Waals surface area contributed by atoms with Crippen molar-refractivity contribution in [2.24, 2.45) is 11.8 Å². The molecule has 6 N–H and O–H groups in total. The minimum absolute atomic E-state index is 0.00700. The van der Waals surface area contributed by atoms with Crippen molar-refractivity contribution in [1.82, 2.24) is 9.97 Å². The first-order valence-electron chi connectivity index (χ1n) is 20.2. The number of aromatic nitrogens is 2. The fraction of sp³-hybridized carbons (Fsp3) is 0.381. The second-order valence-corrected chi connectivity index (χ2v) is 16.0. The van der Waals surface area contributed by atoms with E-state index in [2.05, 4.69) is 30.1 Å². The molecule has 2 spiro atoms. The predicted molar refractivity (Wildman–Crippen MR) is 218 cm³/mol. The van der Waals surface area contributed by atoms with Gasteiger partial charge < -0.3 is 41.0 Å². The average Bonchev–Trinajstić information content (AvgIpc) is 3.74. The lowest BCUT2D eigenvalue weighted by atomic mass is 9.78. The number of hydrogen-bond donors (Lipinski definition) is 4. The molecule has 0 atom stereocenters. The molecule has 4 aliphatic rings. The first-order valence-corrected chi connectivity index (χ1v) is 20.2. The Kier molecular flexibility index (Phi) is 13.1. The minimum atomic E-state index is -4.87. The topological polar surface area (TPSA) is 214 Å². The second kappa shape index (κ2) is 18.4. The highest BCUT2D eigenvalue weighted by Gasteiger charge is 2.50. The quantitative estimate of drug-likeness (QED) is 0.0744. The van der Waals surface area contributed by atoms with Gasteiger partial charge in [0, 0.05) is 36.4 Å². The summed E-state index contributed by atoms with van der Waals surface area (Å²) in [6, 6.07) is 12.4. The fourth-order valence-corrected chi connectivity index (χ4v) is 8.27. The van der Waals surface area contributed by atoms with Gasteiger partial charge in [-0.25, -0.2) is 19.6 Å². The molecule has 4 aromatic rings. The van der Waals surface area contributed by atoms with Gasteiger partial charge in [0.15, 0.2) is 0 Å². The molecule has 2 aromatic heterocycles. The van der Waals surface area contributed by atoms with Crippen molar-refractivity contribution < 1.29 is 73.2 Å². The lowest BCUT2D eigenvalue weighted by molar-refractivity contribution is -0.275. The summed E-state index contributed by atoms with van der Waals surface area (Å²) in [4.78, 5) is 59.6. The molecule has 4 heterocycles. The SMILES string of the molecule is Nc1cc(OC(F)(F)F)ccc1NC(=O)C1CCC2(CC1)CN(c1cccnc1F)C(=O)O2.Nc1ccc(OC(F)(F)F)cc1NC(=O)C1CCC2(CC1)CN(c1cccnc1F)C(=O)O2. The number of halogens is 8. The highest BCUT2D eigenvalue weighted by molar-refractivity contribution is 5.97. The maximum Gasteiger partial charge on any atom is 0.573 e. The zero-order valence-corrected chi connectivity index (χ0v) is 34.4. The van der Waals surface area contributed by atoms with Crippen LogP contribution in [0, 0.1) is 23.7 Å². The standard InChI is InChI=1S/2C21H20F4N4O4/c22-17-16(2-1-9-27-17)29-11-20(33-19(29)31)7-5-12(6-8-20)18(30)28-15-4-3-13(10-14(15)26)32-21(23,24)25;22-17-16(2-1-9-27-17)29-11-20(33-19(29)31)7-5-12(6-8-20)18(30)28-15-10-13(3-4-14(15)26)32-21(23,24)25/h2*1-4,9-10,12H,5-8,11,26H2,(H,28,30). The molecule has 0 bridgehead atoms. The molecule has 16 nitrogen and oxygen atoms in total. The van der Waals surface area contributed by atoms with Gasteiger partial charge in [-0.15, -0.1) is 26.3 Å². The number of nitrogens with two attached hydrogens (primary N) is 2. The number of benzene rings is 2. The highest BCUT2D eigenvalue weighted by atomic mass is 19.4. The van der Waals surface area contributed by atoms with Crippen LogP contribution in [0.15, 0.2) is 73.1 Å². The molecule has 8 rings (SSSR count). The molecule has 4 amide bonds. The number of nitrogen functional groups attached to an aromatic ring is 2. The van der Waals surface area contributed by atoms with Crippen molar-refractivity contribution in [1.29, 1.82) is 0 Å². The zero-order valence-electron chi connectivity index (χ0n) is 34.4. The summed E-state index contributed by atoms with van der Waals surface area (Å²) in [5.74, 6) is -4.20. The normalized spacial score (nSPS) is 22.8. The molecular weight excluding hydrogens is 896 g/mol. The lowest BCUT2D eigenvalue weighted by Gasteiger charge is -2.34. The summed E-state index contributed by atoms with van der Waals surface area (Å²) >= 11 is 0. The van der Waals surface area contributed by atoms with Crippen LogP contribution in [0.5, 0.6) is 11.5 Å². The number of pyridine rings is 2. The summed E-state index contributed by atoms with van der Waals surface area (Å²) in [6.45, 7) is 0.281. The summed E-state index contributed by atoms with van der Waals surface area (Å²) < 4.78 is 121. The fourth-order valence-electron chi connectivity index (χ4n) is 8.27. The average molecular weight is 937 g/mol. The Balaban J connectivity index is 0.000000196. The second-order valence-electron chi connectivity index (χ2n) is 16.0. The van der Waals surface area contributed by atoms with Gasteiger partial charge in [-0.2, -0.15) is 8.78 Å². The van der Waals surface area contributed by atoms with E-state index in [1.54, 1.807) is 0 Å². The maximum atomic E-state index is 14.0. The van der Waals surface area contributed by atoms with E-state index in [0.717, 1.165) is 24.3 Å². The molecule has 2 aliphatic heterocycles. The Morgan fingerprint density at radius 1 is 0.636 bits per heavy atom. The Bertz CT molecular complexity index is 2480. The molecule has 0 radical (unpaired) electrons. The molecule has 24 heteroatoms. The van der Waals surface area contributed by atoms with Gasteiger partial charge in [0.2, 0.25) is 23.7 Å². The zero-order chi connectivity index (χ0) is 47.6. The Morgan fingerprint density at radius 2 is 1.06 bits per heavy atom. The van der Waals surface area contributed by atoms with Crippen LogP contribution < -0.4 is 41.4 Å². The van der Waals surface area contributed by atoms with E-state index >= 15 is 0 Å². The number of rotatable bonds is 8. The summed E-state index contributed by atoms with van der Waals surface area (Å²) in [5.41, 5.74) is 10.1. The third kappa shape index (κ3) is 11.0. The minimum Gasteiger partial charge on any atom is -0.441 e. The van der Waals surface area contributed by atoms with Crippen LogP contribution in [-0.4, -0.2) is 71.0 Å². The third-order valence-corrected chi connectivity index (χ3v) is 11.6. The number of alkyl halides is 6. The molecule has 2 aromatic carbocycles. The summed E-state index contributed by atoms with van der Waals surface area (Å²) in [5, 5.41) is 5.17. The van der Waals surface area contributed by atoms with Crippen LogP contribution >= 0.6 is 0 Å². The predicted octanol–water partition coefficient (Wildman–Crippen LogP) is 8.45. The number of anilines is 6. The number of amides is 4. The molecule has 2 saturated heterocycles. The van der Waals surface area contributed by atoms with Gasteiger partial charge in [-0.1, -0.05) is 0 Å². The lowest BCUT2D eigenvalue weighted by Crippen LogP contribution is -2.41. The van der Waals surface area contributed by atoms with Crippen molar-refractivity contribution in [3.8, 4) is 11.5 Å². The largest absolute Gasteiger partial charge is 0.573 e. The van der Waals surface area contributed by atoms with Crippen molar-refractivity contribution in [2.75, 3.05) is 45.0 Å². The van der Waals surface area contributed by atoms with E-state index in [0.29, 0.717) is 51.4 Å². The van der Waals surface area contributed by atoms with Crippen molar-refractivity contribution in [3.05, 3.63) is 85.0 Å². The van der Waals surface area contributed by atoms with E-state index in [-0.39, 0.29) is 53.1 Å². The van der Waals surface area contributed by atoms with Crippen LogP contribution in [0.1, 0.15) is 51.4 Å². The van der Waals surface area contributed by atoms with Crippen molar-refractivity contribution in [2.45, 2.75) is 75.3 Å². The summed E-state index contributed by atoms with van der Waals surface area (Å²) in [7, 11) is 0. The number of carbonyl (C=O) groups is 4. The van der Waals surface area contributed by atoms with E-state index in [4.69, 9.17) is 20.9 Å². The Labute approximate surface area is 369 Å². The van der Waals surface area contributed by atoms with Gasteiger partial charge in [0.25, 0.3) is 0 Å².